The van der Waals surface area contributed by atoms with Gasteiger partial charge in [0.25, 0.3) is 5.78 Å². The van der Waals surface area contributed by atoms with Crippen molar-refractivity contribution in [1.29, 1.82) is 0 Å². The average Bonchev–Trinajstić information content (AvgIpc) is 2.53. The minimum atomic E-state index is -1.97. The molecule has 5 heteroatoms. The standard InChI is InChI=1S/C10H15N5/c1-4-14(5-2)9-6-8(3)13-10-11-7-12-15(9)10/h6-7H,4-5H2,1-3H3/i4D2,5D2,7D. The molecule has 0 N–H and O–H groups in total. The fraction of sp³-hybridized carbons (Fsp3) is 0.500. The molecule has 2 aromatic rings. The second-order valence-electron chi connectivity index (χ2n) is 2.96. The Balaban J connectivity index is 2.77. The van der Waals surface area contributed by atoms with Crippen molar-refractivity contribution in [1.82, 2.24) is 19.6 Å². The van der Waals surface area contributed by atoms with Crippen LogP contribution < -0.4 is 4.90 Å². The third-order valence-corrected chi connectivity index (χ3v) is 1.99. The summed E-state index contributed by atoms with van der Waals surface area (Å²) < 4.78 is 40.1. The molecule has 80 valence electrons. The minimum absolute atomic E-state index is 0.142. The zero-order chi connectivity index (χ0) is 15.3. The number of anilines is 1. The molecule has 0 radical (unpaired) electrons. The molecule has 0 spiro atoms. The topological polar surface area (TPSA) is 46.3 Å². The Morgan fingerprint density at radius 3 is 2.93 bits per heavy atom. The van der Waals surface area contributed by atoms with Crippen LogP contribution in [0.5, 0.6) is 0 Å². The molecule has 2 aromatic heterocycles. The molecule has 0 unspecified atom stereocenters. The van der Waals surface area contributed by atoms with Crippen molar-refractivity contribution in [3.8, 4) is 0 Å². The lowest BCUT2D eigenvalue weighted by Crippen LogP contribution is -2.25. The normalized spacial score (nSPS) is 17.7. The molecule has 0 saturated heterocycles. The smallest absolute Gasteiger partial charge is 0.254 e. The van der Waals surface area contributed by atoms with E-state index in [4.69, 9.17) is 6.85 Å². The van der Waals surface area contributed by atoms with E-state index in [1.54, 1.807) is 6.92 Å². The van der Waals surface area contributed by atoms with Gasteiger partial charge in [-0.05, 0) is 20.8 Å². The lowest BCUT2D eigenvalue weighted by molar-refractivity contribution is 0.796. The fourth-order valence-corrected chi connectivity index (χ4v) is 1.37. The van der Waals surface area contributed by atoms with Crippen molar-refractivity contribution in [2.45, 2.75) is 20.8 Å². The van der Waals surface area contributed by atoms with Crippen molar-refractivity contribution in [3.05, 3.63) is 18.1 Å². The summed E-state index contributed by atoms with van der Waals surface area (Å²) in [4.78, 5) is 8.87. The molecular formula is C10H15N5. The Kier molecular flexibility index (Phi) is 1.39. The molecule has 15 heavy (non-hydrogen) atoms. The number of aryl methyl sites for hydroxylation is 1. The monoisotopic (exact) mass is 210 g/mol. The third kappa shape index (κ3) is 1.65. The summed E-state index contributed by atoms with van der Waals surface area (Å²) in [7, 11) is 0. The summed E-state index contributed by atoms with van der Waals surface area (Å²) in [5.41, 5.74) is 0.540. The predicted octanol–water partition coefficient (Wildman–Crippen LogP) is 1.28. The first-order chi connectivity index (χ1) is 9.00. The van der Waals surface area contributed by atoms with E-state index >= 15 is 0 Å². The van der Waals surface area contributed by atoms with Crippen molar-refractivity contribution in [2.24, 2.45) is 0 Å². The first-order valence-corrected chi connectivity index (χ1v) is 4.51. The second-order valence-corrected chi connectivity index (χ2v) is 2.96. The number of nitrogens with zero attached hydrogens (tertiary/aromatic N) is 5. The van der Waals surface area contributed by atoms with Crippen LogP contribution in [0.3, 0.4) is 0 Å². The van der Waals surface area contributed by atoms with Crippen LogP contribution in [0.25, 0.3) is 5.78 Å². The van der Waals surface area contributed by atoms with Crippen molar-refractivity contribution >= 4 is 11.6 Å². The predicted molar refractivity (Wildman–Crippen MR) is 59.1 cm³/mol. The Hall–Kier alpha value is -1.65. The molecule has 0 atom stereocenters. The highest BCUT2D eigenvalue weighted by molar-refractivity contribution is 5.46. The van der Waals surface area contributed by atoms with E-state index in [0.717, 1.165) is 4.90 Å². The molecule has 0 bridgehead atoms. The van der Waals surface area contributed by atoms with Crippen LogP contribution in [-0.2, 0) is 0 Å². The maximum absolute atomic E-state index is 7.86. The van der Waals surface area contributed by atoms with E-state index in [1.807, 2.05) is 0 Å². The fourth-order valence-electron chi connectivity index (χ4n) is 1.37. The Bertz CT molecular complexity index is 628. The van der Waals surface area contributed by atoms with Gasteiger partial charge in [-0.1, -0.05) is 0 Å². The SMILES string of the molecule is [2H]c1nc2nc(C)cc(N(C([2H])([2H])C)C([2H])([2H])C)n2n1. The molecule has 0 aliphatic heterocycles. The van der Waals surface area contributed by atoms with Crippen LogP contribution in [0.15, 0.2) is 12.4 Å². The molecule has 0 fully saturated rings. The summed E-state index contributed by atoms with van der Waals surface area (Å²) in [5.74, 6) is 0.307. The van der Waals surface area contributed by atoms with Gasteiger partial charge in [0, 0.05) is 30.2 Å². The third-order valence-electron chi connectivity index (χ3n) is 1.99. The summed E-state index contributed by atoms with van der Waals surface area (Å²) in [6.07, 6.45) is -0.252. The summed E-state index contributed by atoms with van der Waals surface area (Å²) in [6, 6.07) is 1.52. The molecule has 5 nitrogen and oxygen atoms in total. The number of aromatic nitrogens is 4. The molecule has 2 heterocycles. The molecular weight excluding hydrogens is 190 g/mol. The molecule has 0 saturated carbocycles. The largest absolute Gasteiger partial charge is 0.357 e. The van der Waals surface area contributed by atoms with E-state index in [9.17, 15) is 0 Å². The quantitative estimate of drug-likeness (QED) is 0.765. The van der Waals surface area contributed by atoms with E-state index in [-0.39, 0.29) is 17.9 Å². The molecule has 0 aliphatic carbocycles. The van der Waals surface area contributed by atoms with Crippen molar-refractivity contribution in [2.75, 3.05) is 17.9 Å². The van der Waals surface area contributed by atoms with Crippen LogP contribution in [0.1, 0.15) is 26.4 Å². The maximum atomic E-state index is 7.86. The second kappa shape index (κ2) is 3.84. The summed E-state index contributed by atoms with van der Waals surface area (Å²) in [5, 5.41) is 3.84. The van der Waals surface area contributed by atoms with Gasteiger partial charge in [0.1, 0.15) is 13.5 Å². The first kappa shape index (κ1) is 5.44. The summed E-state index contributed by atoms with van der Waals surface area (Å²) >= 11 is 0. The van der Waals surface area contributed by atoms with Crippen LogP contribution >= 0.6 is 0 Å². The number of fused-ring (bicyclic) bond motifs is 1. The maximum Gasteiger partial charge on any atom is 0.254 e. The number of rotatable bonds is 3. The number of hydrogen-bond donors (Lipinski definition) is 0. The van der Waals surface area contributed by atoms with E-state index in [1.165, 1.54) is 24.4 Å². The molecule has 0 amide bonds. The number of hydrogen-bond acceptors (Lipinski definition) is 4. The Morgan fingerprint density at radius 2 is 2.27 bits per heavy atom. The van der Waals surface area contributed by atoms with Gasteiger partial charge in [-0.15, -0.1) is 0 Å². The van der Waals surface area contributed by atoms with Gasteiger partial charge in [0.15, 0.2) is 0 Å². The van der Waals surface area contributed by atoms with Crippen molar-refractivity contribution < 1.29 is 6.85 Å². The van der Waals surface area contributed by atoms with Crippen LogP contribution in [0, 0.1) is 6.92 Å². The lowest BCUT2D eigenvalue weighted by Gasteiger charge is -2.21. The van der Waals surface area contributed by atoms with Gasteiger partial charge >= 0.3 is 0 Å². The zero-order valence-corrected chi connectivity index (χ0v) is 8.81. The van der Waals surface area contributed by atoms with Gasteiger partial charge in [-0.25, -0.2) is 4.98 Å². The highest BCUT2D eigenvalue weighted by Crippen LogP contribution is 2.14. The van der Waals surface area contributed by atoms with E-state index in [2.05, 4.69) is 15.1 Å². The van der Waals surface area contributed by atoms with Gasteiger partial charge < -0.3 is 4.90 Å². The van der Waals surface area contributed by atoms with Crippen LogP contribution in [-0.4, -0.2) is 32.6 Å². The van der Waals surface area contributed by atoms with E-state index in [0.29, 0.717) is 5.69 Å². The highest BCUT2D eigenvalue weighted by Gasteiger charge is 2.09. The van der Waals surface area contributed by atoms with E-state index < -0.39 is 13.0 Å². The van der Waals surface area contributed by atoms with Crippen molar-refractivity contribution in [3.63, 3.8) is 0 Å². The Labute approximate surface area is 95.8 Å². The lowest BCUT2D eigenvalue weighted by atomic mass is 10.4. The van der Waals surface area contributed by atoms with Gasteiger partial charge in [-0.3, -0.25) is 0 Å². The molecule has 0 aliphatic rings. The van der Waals surface area contributed by atoms with Gasteiger partial charge in [-0.2, -0.15) is 14.6 Å². The first-order valence-electron chi connectivity index (χ1n) is 7.01. The summed E-state index contributed by atoms with van der Waals surface area (Å²) in [6.45, 7) is 0.277. The molecule has 2 rings (SSSR count). The highest BCUT2D eigenvalue weighted by atomic mass is 15.4. The van der Waals surface area contributed by atoms with Gasteiger partial charge in [0.2, 0.25) is 0 Å². The zero-order valence-electron chi connectivity index (χ0n) is 13.8. The average molecular weight is 210 g/mol. The minimum Gasteiger partial charge on any atom is -0.357 e. The van der Waals surface area contributed by atoms with Crippen LogP contribution in [0.4, 0.5) is 5.82 Å². The van der Waals surface area contributed by atoms with Gasteiger partial charge in [0.05, 0.1) is 0 Å². The Morgan fingerprint density at radius 1 is 1.53 bits per heavy atom. The van der Waals surface area contributed by atoms with Crippen LogP contribution in [0.2, 0.25) is 0 Å². The molecule has 0 aromatic carbocycles.